The number of aryl methyl sites for hydroxylation is 1. The average molecular weight is 270 g/mol. The molecule has 1 heterocycles. The molecule has 0 atom stereocenters. The Morgan fingerprint density at radius 3 is 2.94 bits per heavy atom. The summed E-state index contributed by atoms with van der Waals surface area (Å²) >= 11 is 7.16. The van der Waals surface area contributed by atoms with Crippen LogP contribution in [0.5, 0.6) is 0 Å². The smallest absolute Gasteiger partial charge is 0.186 e. The third kappa shape index (κ3) is 2.90. The number of aromatic nitrogens is 1. The van der Waals surface area contributed by atoms with Crippen molar-refractivity contribution in [2.75, 3.05) is 0 Å². The maximum atomic E-state index is 13.4. The van der Waals surface area contributed by atoms with E-state index in [4.69, 9.17) is 11.6 Å². The van der Waals surface area contributed by atoms with E-state index in [1.165, 1.54) is 29.5 Å². The van der Waals surface area contributed by atoms with Crippen LogP contribution in [-0.4, -0.2) is 10.8 Å². The molecule has 2 aromatic rings. The number of hydrogen-bond donors (Lipinski definition) is 0. The van der Waals surface area contributed by atoms with Crippen LogP contribution in [0.3, 0.4) is 0 Å². The first-order chi connectivity index (χ1) is 8.06. The van der Waals surface area contributed by atoms with E-state index in [1.54, 1.807) is 5.38 Å². The van der Waals surface area contributed by atoms with Crippen LogP contribution < -0.4 is 0 Å². The summed E-state index contributed by atoms with van der Waals surface area (Å²) in [7, 11) is 0. The van der Waals surface area contributed by atoms with Gasteiger partial charge in [0.2, 0.25) is 0 Å². The van der Waals surface area contributed by atoms with Crippen LogP contribution in [0.1, 0.15) is 21.1 Å². The zero-order valence-corrected chi connectivity index (χ0v) is 10.6. The van der Waals surface area contributed by atoms with Crippen LogP contribution >= 0.6 is 22.9 Å². The highest BCUT2D eigenvalue weighted by molar-refractivity contribution is 7.09. The van der Waals surface area contributed by atoms with Gasteiger partial charge in [-0.25, -0.2) is 9.37 Å². The third-order valence-corrected chi connectivity index (χ3v) is 3.27. The molecule has 17 heavy (non-hydrogen) atoms. The number of ketones is 1. The minimum Gasteiger partial charge on any atom is -0.292 e. The van der Waals surface area contributed by atoms with Crippen molar-refractivity contribution in [1.82, 2.24) is 4.98 Å². The molecule has 0 unspecified atom stereocenters. The van der Waals surface area contributed by atoms with Crippen LogP contribution in [-0.2, 0) is 6.42 Å². The van der Waals surface area contributed by atoms with Gasteiger partial charge in [-0.15, -0.1) is 11.3 Å². The van der Waals surface area contributed by atoms with Crippen molar-refractivity contribution in [3.05, 3.63) is 50.7 Å². The van der Waals surface area contributed by atoms with E-state index in [-0.39, 0.29) is 12.2 Å². The number of hydrogen-bond acceptors (Lipinski definition) is 3. The number of Topliss-reactive ketones (excluding diaryl/α,β-unsaturated/α-hetero) is 1. The van der Waals surface area contributed by atoms with E-state index in [2.05, 4.69) is 4.98 Å². The molecule has 0 aliphatic heterocycles. The lowest BCUT2D eigenvalue weighted by Crippen LogP contribution is -2.05. The van der Waals surface area contributed by atoms with Crippen LogP contribution in [0.2, 0.25) is 5.02 Å². The summed E-state index contributed by atoms with van der Waals surface area (Å²) in [4.78, 5) is 15.9. The zero-order valence-electron chi connectivity index (χ0n) is 9.04. The summed E-state index contributed by atoms with van der Waals surface area (Å²) in [5.74, 6) is -0.620. The fourth-order valence-electron chi connectivity index (χ4n) is 1.43. The van der Waals surface area contributed by atoms with E-state index < -0.39 is 5.82 Å². The van der Waals surface area contributed by atoms with Gasteiger partial charge in [0, 0.05) is 16.8 Å². The fourth-order valence-corrected chi connectivity index (χ4v) is 2.25. The first-order valence-corrected chi connectivity index (χ1v) is 6.21. The van der Waals surface area contributed by atoms with Crippen molar-refractivity contribution < 1.29 is 9.18 Å². The van der Waals surface area contributed by atoms with Crippen molar-refractivity contribution in [3.63, 3.8) is 0 Å². The van der Waals surface area contributed by atoms with Gasteiger partial charge in [-0.05, 0) is 30.7 Å². The summed E-state index contributed by atoms with van der Waals surface area (Å²) in [6.45, 7) is 1.82. The number of thiazole rings is 1. The molecule has 0 amide bonds. The average Bonchev–Trinajstić information content (AvgIpc) is 2.70. The molecule has 0 saturated carbocycles. The summed E-state index contributed by atoms with van der Waals surface area (Å²) in [6, 6.07) is 4.18. The van der Waals surface area contributed by atoms with Crippen LogP contribution in [0.25, 0.3) is 0 Å². The highest BCUT2D eigenvalue weighted by Gasteiger charge is 2.13. The second kappa shape index (κ2) is 4.94. The molecule has 0 bridgehead atoms. The van der Waals surface area contributed by atoms with Crippen molar-refractivity contribution in [3.8, 4) is 0 Å². The first kappa shape index (κ1) is 12.2. The number of carbonyl (C=O) groups is 1. The van der Waals surface area contributed by atoms with E-state index in [1.807, 2.05) is 6.92 Å². The van der Waals surface area contributed by atoms with Gasteiger partial charge in [-0.3, -0.25) is 4.79 Å². The lowest BCUT2D eigenvalue weighted by atomic mass is 10.1. The van der Waals surface area contributed by atoms with Gasteiger partial charge in [-0.2, -0.15) is 0 Å². The standard InChI is InChI=1S/C12H9ClFNOS/c1-7-15-11(6-17-7)12(16)5-8-4-9(13)2-3-10(8)14/h2-4,6H,5H2,1H3. The van der Waals surface area contributed by atoms with Gasteiger partial charge in [0.25, 0.3) is 0 Å². The predicted molar refractivity (Wildman–Crippen MR) is 66.3 cm³/mol. The maximum Gasteiger partial charge on any atom is 0.186 e. The van der Waals surface area contributed by atoms with Crippen LogP contribution in [0.4, 0.5) is 4.39 Å². The molecule has 0 N–H and O–H groups in total. The van der Waals surface area contributed by atoms with Crippen LogP contribution in [0.15, 0.2) is 23.6 Å². The van der Waals surface area contributed by atoms with Crippen molar-refractivity contribution in [1.29, 1.82) is 0 Å². The second-order valence-corrected chi connectivity index (χ2v) is 5.09. The Labute approximate surface area is 107 Å². The van der Waals surface area contributed by atoms with E-state index in [0.29, 0.717) is 16.3 Å². The molecular weight excluding hydrogens is 261 g/mol. The number of halogens is 2. The lowest BCUT2D eigenvalue weighted by Gasteiger charge is -2.01. The zero-order chi connectivity index (χ0) is 12.4. The monoisotopic (exact) mass is 269 g/mol. The van der Waals surface area contributed by atoms with E-state index in [0.717, 1.165) is 5.01 Å². The Balaban J connectivity index is 2.21. The quantitative estimate of drug-likeness (QED) is 0.796. The van der Waals surface area contributed by atoms with Crippen molar-refractivity contribution >= 4 is 28.7 Å². The molecular formula is C12H9ClFNOS. The van der Waals surface area contributed by atoms with Gasteiger partial charge in [0.05, 0.1) is 5.01 Å². The third-order valence-electron chi connectivity index (χ3n) is 2.26. The van der Waals surface area contributed by atoms with Crippen molar-refractivity contribution in [2.24, 2.45) is 0 Å². The minimum absolute atomic E-state index is 0.0183. The molecule has 0 aliphatic carbocycles. The summed E-state index contributed by atoms with van der Waals surface area (Å²) in [5.41, 5.74) is 0.681. The molecule has 5 heteroatoms. The molecule has 2 nitrogen and oxygen atoms in total. The minimum atomic E-state index is -0.422. The number of nitrogens with zero attached hydrogens (tertiary/aromatic N) is 1. The summed E-state index contributed by atoms with van der Waals surface area (Å²) in [5, 5.41) is 2.92. The predicted octanol–water partition coefficient (Wildman–Crippen LogP) is 3.67. The molecule has 0 radical (unpaired) electrons. The number of benzene rings is 1. The van der Waals surface area contributed by atoms with Crippen molar-refractivity contribution in [2.45, 2.75) is 13.3 Å². The Bertz CT molecular complexity index is 567. The molecule has 1 aromatic heterocycles. The SMILES string of the molecule is Cc1nc(C(=O)Cc2cc(Cl)ccc2F)cs1. The molecule has 0 saturated heterocycles. The van der Waals surface area contributed by atoms with E-state index in [9.17, 15) is 9.18 Å². The van der Waals surface area contributed by atoms with Gasteiger partial charge in [-0.1, -0.05) is 11.6 Å². The Morgan fingerprint density at radius 2 is 2.29 bits per heavy atom. The van der Waals surface area contributed by atoms with Gasteiger partial charge in [0.15, 0.2) is 5.78 Å². The highest BCUT2D eigenvalue weighted by Crippen LogP contribution is 2.17. The molecule has 88 valence electrons. The molecule has 2 rings (SSSR count). The van der Waals surface area contributed by atoms with Gasteiger partial charge < -0.3 is 0 Å². The highest BCUT2D eigenvalue weighted by atomic mass is 35.5. The Morgan fingerprint density at radius 1 is 1.53 bits per heavy atom. The van der Waals surface area contributed by atoms with E-state index >= 15 is 0 Å². The van der Waals surface area contributed by atoms with Gasteiger partial charge in [0.1, 0.15) is 11.5 Å². The first-order valence-electron chi connectivity index (χ1n) is 4.95. The lowest BCUT2D eigenvalue weighted by molar-refractivity contribution is 0.0987. The number of rotatable bonds is 3. The second-order valence-electron chi connectivity index (χ2n) is 3.59. The topological polar surface area (TPSA) is 30.0 Å². The normalized spacial score (nSPS) is 10.5. The summed E-state index contributed by atoms with van der Waals surface area (Å²) in [6.07, 6.45) is -0.0183. The molecule has 1 aromatic carbocycles. The molecule has 0 spiro atoms. The Hall–Kier alpha value is -1.26. The Kier molecular flexibility index (Phi) is 3.54. The number of carbonyl (C=O) groups excluding carboxylic acids is 1. The van der Waals surface area contributed by atoms with Gasteiger partial charge >= 0.3 is 0 Å². The molecule has 0 aliphatic rings. The largest absolute Gasteiger partial charge is 0.292 e. The fraction of sp³-hybridized carbons (Fsp3) is 0.167. The summed E-state index contributed by atoms with van der Waals surface area (Å²) < 4.78 is 13.4. The molecule has 0 fully saturated rings. The maximum absolute atomic E-state index is 13.4. The van der Waals surface area contributed by atoms with Crippen LogP contribution in [0, 0.1) is 12.7 Å².